The van der Waals surface area contributed by atoms with Gasteiger partial charge in [-0.25, -0.2) is 10.9 Å². The fourth-order valence-electron chi connectivity index (χ4n) is 2.29. The Morgan fingerprint density at radius 1 is 0.786 bits per heavy atom. The van der Waals surface area contributed by atoms with Gasteiger partial charge in [0.05, 0.1) is 11.4 Å². The van der Waals surface area contributed by atoms with Crippen molar-refractivity contribution < 1.29 is 9.59 Å². The first kappa shape index (κ1) is 20.6. The van der Waals surface area contributed by atoms with Gasteiger partial charge in [-0.3, -0.25) is 9.59 Å². The minimum Gasteiger partial charge on any atom is -0.399 e. The van der Waals surface area contributed by atoms with Gasteiger partial charge in [0.1, 0.15) is 0 Å². The van der Waals surface area contributed by atoms with E-state index in [1.807, 2.05) is 24.3 Å². The molecule has 0 fully saturated rings. The number of nitrogens with two attached hydrogens (primary N) is 2. The molecule has 0 aliphatic heterocycles. The Labute approximate surface area is 163 Å². The van der Waals surface area contributed by atoms with E-state index in [1.165, 1.54) is 0 Å². The Morgan fingerprint density at radius 3 is 1.54 bits per heavy atom. The van der Waals surface area contributed by atoms with Crippen molar-refractivity contribution in [3.05, 3.63) is 59.7 Å². The summed E-state index contributed by atoms with van der Waals surface area (Å²) in [5.41, 5.74) is 20.4. The van der Waals surface area contributed by atoms with Crippen LogP contribution in [0, 0.1) is 0 Å². The van der Waals surface area contributed by atoms with Crippen LogP contribution >= 0.6 is 0 Å². The maximum Gasteiger partial charge on any atom is 0.240 e. The number of nitrogen functional groups attached to an aromatic ring is 2. The van der Waals surface area contributed by atoms with Gasteiger partial charge in [-0.2, -0.15) is 10.2 Å². The van der Waals surface area contributed by atoms with E-state index in [2.05, 4.69) is 21.1 Å². The number of anilines is 2. The van der Waals surface area contributed by atoms with Gasteiger partial charge in [0.15, 0.2) is 0 Å². The van der Waals surface area contributed by atoms with Crippen LogP contribution in [0.5, 0.6) is 0 Å². The third-order valence-electron chi connectivity index (χ3n) is 3.88. The highest BCUT2D eigenvalue weighted by atomic mass is 16.2. The average molecular weight is 380 g/mol. The van der Waals surface area contributed by atoms with Crippen LogP contribution in [-0.4, -0.2) is 23.2 Å². The lowest BCUT2D eigenvalue weighted by Gasteiger charge is -2.05. The molecule has 8 heteroatoms. The number of amides is 2. The highest BCUT2D eigenvalue weighted by Crippen LogP contribution is 2.08. The van der Waals surface area contributed by atoms with E-state index in [9.17, 15) is 9.59 Å². The summed E-state index contributed by atoms with van der Waals surface area (Å²) in [7, 11) is 0. The molecule has 0 heterocycles. The molecular weight excluding hydrogens is 356 g/mol. The van der Waals surface area contributed by atoms with Crippen molar-refractivity contribution in [3.8, 4) is 0 Å². The van der Waals surface area contributed by atoms with Gasteiger partial charge >= 0.3 is 0 Å². The second-order valence-corrected chi connectivity index (χ2v) is 6.22. The maximum atomic E-state index is 11.9. The van der Waals surface area contributed by atoms with Crippen molar-refractivity contribution in [2.75, 3.05) is 11.5 Å². The van der Waals surface area contributed by atoms with Crippen LogP contribution in [0.15, 0.2) is 58.7 Å². The summed E-state index contributed by atoms with van der Waals surface area (Å²) < 4.78 is 0. The van der Waals surface area contributed by atoms with E-state index in [0.717, 1.165) is 11.1 Å². The standard InChI is InChI=1S/C20H24N6O2/c1-13(15-5-3-7-17(21)11-15)23-25-19(27)9-10-20(28)26-24-14(2)16-6-4-8-18(22)12-16/h3-8,11-12H,9-10,21-22H2,1-2H3,(H,25,27)(H,26,28)/b23-13-,24-14+. The molecule has 0 saturated carbocycles. The van der Waals surface area contributed by atoms with E-state index < -0.39 is 0 Å². The molecule has 0 bridgehead atoms. The summed E-state index contributed by atoms with van der Waals surface area (Å²) in [5.74, 6) is -0.732. The molecule has 0 atom stereocenters. The number of rotatable bonds is 7. The first-order chi connectivity index (χ1) is 13.3. The lowest BCUT2D eigenvalue weighted by molar-refractivity contribution is -0.126. The van der Waals surface area contributed by atoms with Crippen molar-refractivity contribution in [1.82, 2.24) is 10.9 Å². The highest BCUT2D eigenvalue weighted by molar-refractivity contribution is 6.00. The number of carbonyl (C=O) groups is 2. The van der Waals surface area contributed by atoms with Gasteiger partial charge in [0, 0.05) is 24.2 Å². The fourth-order valence-corrected chi connectivity index (χ4v) is 2.29. The third kappa shape index (κ3) is 6.56. The first-order valence-electron chi connectivity index (χ1n) is 8.73. The summed E-state index contributed by atoms with van der Waals surface area (Å²) in [6.45, 7) is 3.52. The fraction of sp³-hybridized carbons (Fsp3) is 0.200. The van der Waals surface area contributed by atoms with Gasteiger partial charge in [0.2, 0.25) is 11.8 Å². The molecule has 2 rings (SSSR count). The molecule has 0 aliphatic rings. The van der Waals surface area contributed by atoms with Crippen molar-refractivity contribution in [1.29, 1.82) is 0 Å². The Balaban J connectivity index is 1.79. The van der Waals surface area contributed by atoms with Gasteiger partial charge in [-0.05, 0) is 49.2 Å². The lowest BCUT2D eigenvalue weighted by Crippen LogP contribution is -2.24. The van der Waals surface area contributed by atoms with Gasteiger partial charge < -0.3 is 11.5 Å². The Kier molecular flexibility index (Phi) is 7.27. The zero-order valence-corrected chi connectivity index (χ0v) is 15.9. The predicted molar refractivity (Wildman–Crippen MR) is 112 cm³/mol. The van der Waals surface area contributed by atoms with Crippen LogP contribution in [0.1, 0.15) is 37.8 Å². The summed E-state index contributed by atoms with van der Waals surface area (Å²) in [6.07, 6.45) is -0.0151. The first-order valence-corrected chi connectivity index (χ1v) is 8.73. The van der Waals surface area contributed by atoms with Crippen molar-refractivity contribution in [2.24, 2.45) is 10.2 Å². The van der Waals surface area contributed by atoms with Crippen LogP contribution in [0.2, 0.25) is 0 Å². The molecule has 0 radical (unpaired) electrons. The van der Waals surface area contributed by atoms with Crippen LogP contribution in [0.4, 0.5) is 11.4 Å². The second-order valence-electron chi connectivity index (χ2n) is 6.22. The summed E-state index contributed by atoms with van der Waals surface area (Å²) >= 11 is 0. The van der Waals surface area contributed by atoms with Gasteiger partial charge in [-0.1, -0.05) is 24.3 Å². The molecular formula is C20H24N6O2. The number of benzene rings is 2. The van der Waals surface area contributed by atoms with E-state index in [4.69, 9.17) is 11.5 Å². The van der Waals surface area contributed by atoms with Crippen molar-refractivity contribution in [3.63, 3.8) is 0 Å². The number of carbonyl (C=O) groups excluding carboxylic acids is 2. The molecule has 0 unspecified atom stereocenters. The number of hydrazone groups is 2. The smallest absolute Gasteiger partial charge is 0.240 e. The van der Waals surface area contributed by atoms with Crippen LogP contribution in [-0.2, 0) is 9.59 Å². The normalized spacial score (nSPS) is 11.8. The quantitative estimate of drug-likeness (QED) is 0.332. The third-order valence-corrected chi connectivity index (χ3v) is 3.88. The van der Waals surface area contributed by atoms with Crippen LogP contribution < -0.4 is 22.3 Å². The summed E-state index contributed by atoms with van der Waals surface area (Å²) in [5, 5.41) is 8.05. The topological polar surface area (TPSA) is 135 Å². The van der Waals surface area contributed by atoms with E-state index in [1.54, 1.807) is 38.1 Å². The lowest BCUT2D eigenvalue weighted by atomic mass is 10.1. The Bertz CT molecular complexity index is 845. The van der Waals surface area contributed by atoms with E-state index in [0.29, 0.717) is 22.8 Å². The number of nitrogens with zero attached hydrogens (tertiary/aromatic N) is 2. The minimum absolute atomic E-state index is 0.00754. The van der Waals surface area contributed by atoms with Crippen LogP contribution in [0.25, 0.3) is 0 Å². The van der Waals surface area contributed by atoms with E-state index in [-0.39, 0.29) is 24.7 Å². The van der Waals surface area contributed by atoms with E-state index >= 15 is 0 Å². The molecule has 0 spiro atoms. The van der Waals surface area contributed by atoms with Crippen LogP contribution in [0.3, 0.4) is 0 Å². The van der Waals surface area contributed by atoms with Gasteiger partial charge in [0.25, 0.3) is 0 Å². The molecule has 2 aromatic rings. The summed E-state index contributed by atoms with van der Waals surface area (Å²) in [6, 6.07) is 14.4. The molecule has 0 saturated heterocycles. The number of hydrogen-bond acceptors (Lipinski definition) is 6. The number of nitrogens with one attached hydrogen (secondary N) is 2. The minimum atomic E-state index is -0.366. The Morgan fingerprint density at radius 2 is 1.18 bits per heavy atom. The molecule has 146 valence electrons. The molecule has 28 heavy (non-hydrogen) atoms. The molecule has 2 amide bonds. The molecule has 0 aliphatic carbocycles. The maximum absolute atomic E-state index is 11.9. The predicted octanol–water partition coefficient (Wildman–Crippen LogP) is 2.01. The number of hydrogen-bond donors (Lipinski definition) is 4. The molecule has 6 N–H and O–H groups in total. The average Bonchev–Trinajstić information content (AvgIpc) is 2.68. The van der Waals surface area contributed by atoms with Crippen molar-refractivity contribution in [2.45, 2.75) is 26.7 Å². The SMILES string of the molecule is C/C(=N/NC(=O)CCC(=O)N/N=C(\C)c1cccc(N)c1)c1cccc(N)c1. The monoisotopic (exact) mass is 380 g/mol. The Hall–Kier alpha value is -3.68. The zero-order chi connectivity index (χ0) is 20.5. The zero-order valence-electron chi connectivity index (χ0n) is 15.9. The summed E-state index contributed by atoms with van der Waals surface area (Å²) in [4.78, 5) is 23.7. The molecule has 0 aromatic heterocycles. The largest absolute Gasteiger partial charge is 0.399 e. The highest BCUT2D eigenvalue weighted by Gasteiger charge is 2.07. The second kappa shape index (κ2) is 9.86. The molecule has 2 aromatic carbocycles. The molecule has 8 nitrogen and oxygen atoms in total. The van der Waals surface area contributed by atoms with Gasteiger partial charge in [-0.15, -0.1) is 0 Å². The van der Waals surface area contributed by atoms with Crippen molar-refractivity contribution >= 4 is 34.6 Å².